The van der Waals surface area contributed by atoms with E-state index in [0.717, 1.165) is 29.8 Å². The number of ether oxygens (including phenoxy) is 1. The fourth-order valence-corrected chi connectivity index (χ4v) is 4.77. The molecule has 2 aromatic heterocycles. The van der Waals surface area contributed by atoms with Crippen LogP contribution in [0.3, 0.4) is 0 Å². The van der Waals surface area contributed by atoms with Crippen LogP contribution in [0.1, 0.15) is 38.5 Å². The van der Waals surface area contributed by atoms with Crippen molar-refractivity contribution in [2.75, 3.05) is 39.1 Å². The number of likely N-dealkylation sites (tertiary alicyclic amines) is 1. The largest absolute Gasteiger partial charge is 0.493 e. The van der Waals surface area contributed by atoms with Crippen LogP contribution in [0.25, 0.3) is 10.9 Å². The fourth-order valence-electron chi connectivity index (χ4n) is 4.77. The number of carbonyl (C=O) groups excluding carboxylic acids is 2. The molecule has 0 bridgehead atoms. The van der Waals surface area contributed by atoms with E-state index in [1.807, 2.05) is 44.1 Å². The van der Waals surface area contributed by atoms with Crippen molar-refractivity contribution in [3.8, 4) is 5.75 Å². The number of primary amides is 1. The van der Waals surface area contributed by atoms with Gasteiger partial charge in [-0.3, -0.25) is 14.6 Å². The summed E-state index contributed by atoms with van der Waals surface area (Å²) in [5.41, 5.74) is 9.91. The number of hydrogen-bond acceptors (Lipinski definition) is 7. The lowest BCUT2D eigenvalue weighted by molar-refractivity contribution is 0.0777. The molecule has 4 heterocycles. The average Bonchev–Trinajstić information content (AvgIpc) is 3.49. The zero-order valence-corrected chi connectivity index (χ0v) is 19.6. The Balaban J connectivity index is 1.60. The summed E-state index contributed by atoms with van der Waals surface area (Å²) in [5.74, 6) is 0.0948. The van der Waals surface area contributed by atoms with Crippen LogP contribution in [0, 0.1) is 6.92 Å². The molecular weight excluding hydrogens is 432 g/mol. The van der Waals surface area contributed by atoms with Gasteiger partial charge in [-0.05, 0) is 45.6 Å². The summed E-state index contributed by atoms with van der Waals surface area (Å²) in [5, 5.41) is 4.03. The Kier molecular flexibility index (Phi) is 5.57. The molecule has 2 aliphatic heterocycles. The van der Waals surface area contributed by atoms with E-state index in [2.05, 4.69) is 20.2 Å². The standard InChI is InChI=1S/C25H28N6O3/c1-14-22-17(11-20(28-14)25(33)31-9-7-15(13-31)30(2)3)23(18(12-27-22)24(26)32)29-19-5-4-6-21-16(19)8-10-34-21/h4-6,11-12,15H,7-10,13H2,1-3H3,(H2,26,32)(H,27,29)/t15-/m1/s1. The minimum Gasteiger partial charge on any atom is -0.493 e. The van der Waals surface area contributed by atoms with Gasteiger partial charge < -0.3 is 25.6 Å². The zero-order valence-electron chi connectivity index (χ0n) is 19.6. The molecule has 176 valence electrons. The van der Waals surface area contributed by atoms with E-state index in [9.17, 15) is 9.59 Å². The number of nitrogens with zero attached hydrogens (tertiary/aromatic N) is 4. The third-order valence-electron chi connectivity index (χ3n) is 6.70. The number of benzene rings is 1. The van der Waals surface area contributed by atoms with Crippen molar-refractivity contribution in [3.05, 3.63) is 53.0 Å². The summed E-state index contributed by atoms with van der Waals surface area (Å²) < 4.78 is 5.69. The maximum Gasteiger partial charge on any atom is 0.272 e. The van der Waals surface area contributed by atoms with Gasteiger partial charge in [-0.15, -0.1) is 0 Å². The quantitative estimate of drug-likeness (QED) is 0.601. The van der Waals surface area contributed by atoms with Crippen molar-refractivity contribution in [2.45, 2.75) is 25.8 Å². The van der Waals surface area contributed by atoms with E-state index >= 15 is 0 Å². The van der Waals surface area contributed by atoms with Crippen LogP contribution in [-0.4, -0.2) is 71.4 Å². The normalized spacial score (nSPS) is 17.2. The average molecular weight is 461 g/mol. The number of anilines is 2. The highest BCUT2D eigenvalue weighted by molar-refractivity contribution is 6.09. The second kappa shape index (κ2) is 8.57. The molecule has 1 saturated heterocycles. The smallest absolute Gasteiger partial charge is 0.272 e. The van der Waals surface area contributed by atoms with Crippen molar-refractivity contribution in [1.29, 1.82) is 0 Å². The number of amides is 2. The molecule has 1 aromatic carbocycles. The lowest BCUT2D eigenvalue weighted by Crippen LogP contribution is -2.34. The summed E-state index contributed by atoms with van der Waals surface area (Å²) >= 11 is 0. The molecule has 3 N–H and O–H groups in total. The fraction of sp³-hybridized carbons (Fsp3) is 0.360. The number of nitrogens with two attached hydrogens (primary N) is 1. The minimum atomic E-state index is -0.601. The lowest BCUT2D eigenvalue weighted by atomic mass is 10.0. The van der Waals surface area contributed by atoms with Crippen LogP contribution in [0.4, 0.5) is 11.4 Å². The van der Waals surface area contributed by atoms with Crippen LogP contribution < -0.4 is 15.8 Å². The van der Waals surface area contributed by atoms with Gasteiger partial charge in [0, 0.05) is 48.4 Å². The van der Waals surface area contributed by atoms with Gasteiger partial charge in [0.25, 0.3) is 11.8 Å². The summed E-state index contributed by atoms with van der Waals surface area (Å²) in [6.45, 7) is 3.77. The van der Waals surface area contributed by atoms with Crippen LogP contribution in [0.5, 0.6) is 5.75 Å². The van der Waals surface area contributed by atoms with E-state index in [-0.39, 0.29) is 11.5 Å². The number of pyridine rings is 2. The highest BCUT2D eigenvalue weighted by atomic mass is 16.5. The summed E-state index contributed by atoms with van der Waals surface area (Å²) in [4.78, 5) is 38.7. The van der Waals surface area contributed by atoms with Gasteiger partial charge in [0.05, 0.1) is 29.1 Å². The zero-order chi connectivity index (χ0) is 24.0. The number of carbonyl (C=O) groups is 2. The predicted octanol–water partition coefficient (Wildman–Crippen LogP) is 2.49. The Morgan fingerprint density at radius 3 is 2.85 bits per heavy atom. The number of nitrogens with one attached hydrogen (secondary N) is 1. The molecule has 0 radical (unpaired) electrons. The Labute approximate surface area is 197 Å². The van der Waals surface area contributed by atoms with Gasteiger partial charge in [-0.2, -0.15) is 0 Å². The summed E-state index contributed by atoms with van der Waals surface area (Å²) in [7, 11) is 4.05. The minimum absolute atomic E-state index is 0.126. The van der Waals surface area contributed by atoms with Gasteiger partial charge in [0.15, 0.2) is 0 Å². The molecule has 1 atom stereocenters. The van der Waals surface area contributed by atoms with Crippen molar-refractivity contribution >= 4 is 34.1 Å². The van der Waals surface area contributed by atoms with Gasteiger partial charge in [0.1, 0.15) is 11.4 Å². The summed E-state index contributed by atoms with van der Waals surface area (Å²) in [6, 6.07) is 7.81. The maximum atomic E-state index is 13.3. The van der Waals surface area contributed by atoms with E-state index in [0.29, 0.717) is 53.7 Å². The number of rotatable bonds is 5. The third-order valence-corrected chi connectivity index (χ3v) is 6.70. The van der Waals surface area contributed by atoms with Gasteiger partial charge >= 0.3 is 0 Å². The Morgan fingerprint density at radius 1 is 1.29 bits per heavy atom. The first kappa shape index (κ1) is 22.1. The summed E-state index contributed by atoms with van der Waals surface area (Å²) in [6.07, 6.45) is 3.15. The Bertz CT molecular complexity index is 1310. The van der Waals surface area contributed by atoms with Crippen molar-refractivity contribution in [1.82, 2.24) is 19.8 Å². The number of aromatic nitrogens is 2. The van der Waals surface area contributed by atoms with E-state index < -0.39 is 5.91 Å². The van der Waals surface area contributed by atoms with E-state index in [1.54, 1.807) is 6.07 Å². The molecule has 1 fully saturated rings. The SMILES string of the molecule is Cc1nc(C(=O)N2CC[C@@H](N(C)C)C2)cc2c(Nc3cccc4c3CCO4)c(C(N)=O)cnc12. The molecule has 2 amide bonds. The first-order valence-electron chi connectivity index (χ1n) is 11.4. The predicted molar refractivity (Wildman–Crippen MR) is 130 cm³/mol. The van der Waals surface area contributed by atoms with Crippen molar-refractivity contribution < 1.29 is 14.3 Å². The molecule has 3 aromatic rings. The lowest BCUT2D eigenvalue weighted by Gasteiger charge is -2.21. The molecule has 9 heteroatoms. The van der Waals surface area contributed by atoms with Crippen molar-refractivity contribution in [3.63, 3.8) is 0 Å². The molecule has 0 unspecified atom stereocenters. The third kappa shape index (κ3) is 3.81. The Hall–Kier alpha value is -3.72. The highest BCUT2D eigenvalue weighted by Gasteiger charge is 2.29. The highest BCUT2D eigenvalue weighted by Crippen LogP contribution is 2.36. The van der Waals surface area contributed by atoms with Gasteiger partial charge in [-0.1, -0.05) is 6.07 Å². The molecule has 0 spiro atoms. The number of fused-ring (bicyclic) bond motifs is 2. The van der Waals surface area contributed by atoms with Crippen LogP contribution >= 0.6 is 0 Å². The second-order valence-corrected chi connectivity index (χ2v) is 9.06. The van der Waals surface area contributed by atoms with Gasteiger partial charge in [-0.25, -0.2) is 4.98 Å². The van der Waals surface area contributed by atoms with Crippen LogP contribution in [0.2, 0.25) is 0 Å². The monoisotopic (exact) mass is 460 g/mol. The molecular formula is C25H28N6O3. The van der Waals surface area contributed by atoms with Gasteiger partial charge in [0.2, 0.25) is 0 Å². The second-order valence-electron chi connectivity index (χ2n) is 9.06. The molecule has 2 aliphatic rings. The van der Waals surface area contributed by atoms with E-state index in [4.69, 9.17) is 10.5 Å². The number of likely N-dealkylation sites (N-methyl/N-ethyl adjacent to an activating group) is 1. The first-order chi connectivity index (χ1) is 16.3. The molecule has 0 saturated carbocycles. The van der Waals surface area contributed by atoms with Crippen LogP contribution in [0.15, 0.2) is 30.5 Å². The first-order valence-corrected chi connectivity index (χ1v) is 11.4. The number of hydrogen-bond donors (Lipinski definition) is 2. The van der Waals surface area contributed by atoms with E-state index in [1.165, 1.54) is 6.20 Å². The maximum absolute atomic E-state index is 13.3. The molecule has 5 rings (SSSR count). The molecule has 9 nitrogen and oxygen atoms in total. The number of aryl methyl sites for hydroxylation is 1. The van der Waals surface area contributed by atoms with Crippen LogP contribution in [-0.2, 0) is 6.42 Å². The Morgan fingerprint density at radius 2 is 2.12 bits per heavy atom. The molecule has 0 aliphatic carbocycles. The van der Waals surface area contributed by atoms with Crippen molar-refractivity contribution in [2.24, 2.45) is 5.73 Å². The topological polar surface area (TPSA) is 114 Å². The molecule has 34 heavy (non-hydrogen) atoms.